The van der Waals surface area contributed by atoms with Crippen molar-refractivity contribution in [3.05, 3.63) is 29.8 Å². The van der Waals surface area contributed by atoms with Crippen LogP contribution in [0.3, 0.4) is 0 Å². The first-order valence-electron chi connectivity index (χ1n) is 5.80. The van der Waals surface area contributed by atoms with Crippen molar-refractivity contribution in [1.29, 1.82) is 0 Å². The first-order valence-corrected chi connectivity index (χ1v) is 5.80. The van der Waals surface area contributed by atoms with Gasteiger partial charge in [-0.15, -0.1) is 0 Å². The molecule has 1 aromatic carbocycles. The molecule has 0 amide bonds. The fourth-order valence-corrected chi connectivity index (χ4v) is 1.86. The molecule has 0 aliphatic heterocycles. The molecular formula is C13H22N2O. The number of nitrogens with zero attached hydrogens (tertiary/aromatic N) is 1. The van der Waals surface area contributed by atoms with E-state index < -0.39 is 0 Å². The van der Waals surface area contributed by atoms with Crippen molar-refractivity contribution >= 4 is 5.69 Å². The molecule has 0 spiro atoms. The molecule has 1 rings (SSSR count). The molecule has 90 valence electrons. The molecule has 0 aliphatic rings. The van der Waals surface area contributed by atoms with Crippen LogP contribution in [0.1, 0.15) is 31.9 Å². The second-order valence-electron chi connectivity index (χ2n) is 4.30. The molecule has 0 bridgehead atoms. The highest BCUT2D eigenvalue weighted by Crippen LogP contribution is 2.25. The maximum absolute atomic E-state index is 9.40. The maximum Gasteiger partial charge on any atom is 0.0686 e. The van der Waals surface area contributed by atoms with Gasteiger partial charge in [0.15, 0.2) is 0 Å². The highest BCUT2D eigenvalue weighted by atomic mass is 16.3. The third-order valence-electron chi connectivity index (χ3n) is 2.73. The smallest absolute Gasteiger partial charge is 0.0686 e. The largest absolute Gasteiger partial charge is 0.392 e. The van der Waals surface area contributed by atoms with Gasteiger partial charge in [-0.2, -0.15) is 0 Å². The topological polar surface area (TPSA) is 49.5 Å². The Kier molecular flexibility index (Phi) is 4.77. The molecule has 0 heterocycles. The summed E-state index contributed by atoms with van der Waals surface area (Å²) in [6.07, 6.45) is 0.579. The summed E-state index contributed by atoms with van der Waals surface area (Å²) in [5.41, 5.74) is 8.33. The number of rotatable bonds is 5. The van der Waals surface area contributed by atoms with Gasteiger partial charge in [-0.25, -0.2) is 0 Å². The number of aliphatic hydroxyl groups is 1. The van der Waals surface area contributed by atoms with E-state index in [0.717, 1.165) is 17.7 Å². The van der Waals surface area contributed by atoms with Crippen molar-refractivity contribution < 1.29 is 5.11 Å². The average Bonchev–Trinajstić information content (AvgIpc) is 2.27. The number of aliphatic hydroxyl groups excluding tert-OH is 1. The minimum atomic E-state index is -0.337. The summed E-state index contributed by atoms with van der Waals surface area (Å²) >= 11 is 0. The van der Waals surface area contributed by atoms with Crippen LogP contribution >= 0.6 is 0 Å². The predicted octanol–water partition coefficient (Wildman–Crippen LogP) is 1.91. The zero-order valence-electron chi connectivity index (χ0n) is 10.4. The van der Waals surface area contributed by atoms with Crippen molar-refractivity contribution in [2.45, 2.75) is 32.4 Å². The molecule has 1 unspecified atom stereocenters. The fraction of sp³-hybridized carbons (Fsp3) is 0.538. The molecule has 16 heavy (non-hydrogen) atoms. The van der Waals surface area contributed by atoms with Crippen LogP contribution in [0.4, 0.5) is 5.69 Å². The van der Waals surface area contributed by atoms with E-state index in [-0.39, 0.29) is 12.1 Å². The van der Waals surface area contributed by atoms with Gasteiger partial charge in [0.2, 0.25) is 0 Å². The number of anilines is 1. The van der Waals surface area contributed by atoms with Crippen LogP contribution in [0.25, 0.3) is 0 Å². The Morgan fingerprint density at radius 1 is 1.38 bits per heavy atom. The molecule has 0 radical (unpaired) electrons. The minimum absolute atomic E-state index is 0.0626. The highest BCUT2D eigenvalue weighted by molar-refractivity contribution is 5.54. The summed E-state index contributed by atoms with van der Waals surface area (Å²) in [6, 6.07) is 8.17. The van der Waals surface area contributed by atoms with Gasteiger partial charge in [-0.3, -0.25) is 0 Å². The van der Waals surface area contributed by atoms with Gasteiger partial charge in [0, 0.05) is 25.3 Å². The number of hydrogen-bond acceptors (Lipinski definition) is 3. The first-order chi connectivity index (χ1) is 7.56. The molecule has 0 aromatic heterocycles. The molecule has 0 aliphatic carbocycles. The van der Waals surface area contributed by atoms with Gasteiger partial charge in [0.1, 0.15) is 0 Å². The number of likely N-dealkylation sites (N-methyl/N-ethyl adjacent to an activating group) is 1. The van der Waals surface area contributed by atoms with Crippen molar-refractivity contribution in [1.82, 2.24) is 0 Å². The second-order valence-corrected chi connectivity index (χ2v) is 4.30. The number of para-hydroxylation sites is 1. The van der Waals surface area contributed by atoms with Crippen molar-refractivity contribution in [3.63, 3.8) is 0 Å². The number of hydrogen-bond donors (Lipinski definition) is 2. The van der Waals surface area contributed by atoms with Gasteiger partial charge in [-0.1, -0.05) is 25.1 Å². The van der Waals surface area contributed by atoms with E-state index >= 15 is 0 Å². The SMILES string of the molecule is CC[C@@H](N)c1ccccc1N(C)CC(C)O. The summed E-state index contributed by atoms with van der Waals surface area (Å²) < 4.78 is 0. The minimum Gasteiger partial charge on any atom is -0.392 e. The lowest BCUT2D eigenvalue weighted by Crippen LogP contribution is -2.28. The van der Waals surface area contributed by atoms with E-state index in [0.29, 0.717) is 6.54 Å². The maximum atomic E-state index is 9.40. The number of nitrogens with two attached hydrogens (primary N) is 1. The predicted molar refractivity (Wildman–Crippen MR) is 68.6 cm³/mol. The zero-order chi connectivity index (χ0) is 12.1. The molecule has 3 nitrogen and oxygen atoms in total. The summed E-state index contributed by atoms with van der Waals surface area (Å²) in [7, 11) is 1.98. The Bertz CT molecular complexity index is 325. The Morgan fingerprint density at radius 2 is 2.00 bits per heavy atom. The molecular weight excluding hydrogens is 200 g/mol. The van der Waals surface area contributed by atoms with Crippen molar-refractivity contribution in [2.75, 3.05) is 18.5 Å². The molecule has 3 N–H and O–H groups in total. The van der Waals surface area contributed by atoms with Crippen LogP contribution in [-0.4, -0.2) is 24.8 Å². The van der Waals surface area contributed by atoms with E-state index in [9.17, 15) is 5.11 Å². The summed E-state index contributed by atoms with van der Waals surface area (Å²) in [4.78, 5) is 2.05. The monoisotopic (exact) mass is 222 g/mol. The molecule has 0 saturated heterocycles. The average molecular weight is 222 g/mol. The Labute approximate surface area is 97.9 Å². The first kappa shape index (κ1) is 13.0. The van der Waals surface area contributed by atoms with Crippen LogP contribution < -0.4 is 10.6 Å². The second kappa shape index (κ2) is 5.87. The van der Waals surface area contributed by atoms with Gasteiger partial charge in [0.25, 0.3) is 0 Å². The fourth-order valence-electron chi connectivity index (χ4n) is 1.86. The summed E-state index contributed by atoms with van der Waals surface area (Å²) in [5, 5.41) is 9.40. The summed E-state index contributed by atoms with van der Waals surface area (Å²) in [5.74, 6) is 0. The van der Waals surface area contributed by atoms with Gasteiger partial charge < -0.3 is 15.7 Å². The molecule has 3 heteroatoms. The van der Waals surface area contributed by atoms with E-state index in [2.05, 4.69) is 17.9 Å². The van der Waals surface area contributed by atoms with Crippen LogP contribution in [0, 0.1) is 0 Å². The Hall–Kier alpha value is -1.06. The zero-order valence-corrected chi connectivity index (χ0v) is 10.4. The van der Waals surface area contributed by atoms with Crippen molar-refractivity contribution in [2.24, 2.45) is 5.73 Å². The van der Waals surface area contributed by atoms with Crippen LogP contribution in [-0.2, 0) is 0 Å². The van der Waals surface area contributed by atoms with Gasteiger partial charge >= 0.3 is 0 Å². The Balaban J connectivity index is 2.93. The quantitative estimate of drug-likeness (QED) is 0.800. The third kappa shape index (κ3) is 3.22. The van der Waals surface area contributed by atoms with E-state index in [1.54, 1.807) is 6.92 Å². The molecule has 1 aromatic rings. The lowest BCUT2D eigenvalue weighted by molar-refractivity contribution is 0.201. The van der Waals surface area contributed by atoms with Crippen LogP contribution in [0.2, 0.25) is 0 Å². The molecule has 0 saturated carbocycles. The van der Waals surface area contributed by atoms with Crippen LogP contribution in [0.15, 0.2) is 24.3 Å². The van der Waals surface area contributed by atoms with E-state index in [1.165, 1.54) is 0 Å². The van der Waals surface area contributed by atoms with Gasteiger partial charge in [0.05, 0.1) is 6.10 Å². The summed E-state index contributed by atoms with van der Waals surface area (Å²) in [6.45, 7) is 4.49. The lowest BCUT2D eigenvalue weighted by Gasteiger charge is -2.25. The Morgan fingerprint density at radius 3 is 2.56 bits per heavy atom. The van der Waals surface area contributed by atoms with E-state index in [1.807, 2.05) is 25.2 Å². The van der Waals surface area contributed by atoms with Crippen molar-refractivity contribution in [3.8, 4) is 0 Å². The highest BCUT2D eigenvalue weighted by Gasteiger charge is 2.12. The van der Waals surface area contributed by atoms with Gasteiger partial charge in [-0.05, 0) is 25.0 Å². The standard InChI is InChI=1S/C13H22N2O/c1-4-12(14)11-7-5-6-8-13(11)15(3)9-10(2)16/h5-8,10,12,16H,4,9,14H2,1-3H3/t10?,12-/m1/s1. The molecule has 2 atom stereocenters. The normalized spacial score (nSPS) is 14.6. The van der Waals surface area contributed by atoms with E-state index in [4.69, 9.17) is 5.73 Å². The lowest BCUT2D eigenvalue weighted by atomic mass is 10.0. The number of benzene rings is 1. The van der Waals surface area contributed by atoms with Crippen LogP contribution in [0.5, 0.6) is 0 Å². The third-order valence-corrected chi connectivity index (χ3v) is 2.73. The molecule has 0 fully saturated rings.